The number of aromatic nitrogens is 1. The summed E-state index contributed by atoms with van der Waals surface area (Å²) in [6, 6.07) is 9.04. The molecule has 0 saturated heterocycles. The molecule has 0 fully saturated rings. The maximum Gasteiger partial charge on any atom is 0.126 e. The predicted molar refractivity (Wildman–Crippen MR) is 67.3 cm³/mol. The molecule has 1 heterocycles. The van der Waals surface area contributed by atoms with Crippen molar-refractivity contribution in [1.82, 2.24) is 4.98 Å². The summed E-state index contributed by atoms with van der Waals surface area (Å²) in [5.41, 5.74) is 2.84. The first-order valence-electron chi connectivity index (χ1n) is 5.71. The van der Waals surface area contributed by atoms with Crippen LogP contribution in [0.1, 0.15) is 18.1 Å². The molecule has 1 N–H and O–H groups in total. The highest BCUT2D eigenvalue weighted by Gasteiger charge is 2.01. The van der Waals surface area contributed by atoms with E-state index in [4.69, 9.17) is 0 Å². The van der Waals surface area contributed by atoms with Crippen molar-refractivity contribution >= 4 is 5.69 Å². The van der Waals surface area contributed by atoms with Gasteiger partial charge in [0.05, 0.1) is 0 Å². The first kappa shape index (κ1) is 11.6. The highest BCUT2D eigenvalue weighted by molar-refractivity contribution is 5.46. The Morgan fingerprint density at radius 3 is 2.65 bits per heavy atom. The van der Waals surface area contributed by atoms with E-state index in [1.165, 1.54) is 6.07 Å². The molecule has 0 atom stereocenters. The van der Waals surface area contributed by atoms with E-state index in [-0.39, 0.29) is 5.82 Å². The Morgan fingerprint density at radius 2 is 1.94 bits per heavy atom. The Kier molecular flexibility index (Phi) is 3.70. The summed E-state index contributed by atoms with van der Waals surface area (Å²) in [4.78, 5) is 3.96. The zero-order valence-corrected chi connectivity index (χ0v) is 9.78. The van der Waals surface area contributed by atoms with Gasteiger partial charge in [-0.2, -0.15) is 0 Å². The summed E-state index contributed by atoms with van der Waals surface area (Å²) in [6.45, 7) is 2.67. The molecule has 1 aromatic carbocycles. The van der Waals surface area contributed by atoms with Crippen LogP contribution in [0.4, 0.5) is 10.1 Å². The lowest BCUT2D eigenvalue weighted by Crippen LogP contribution is -2.00. The van der Waals surface area contributed by atoms with Gasteiger partial charge < -0.3 is 5.32 Å². The Bertz CT molecular complexity index is 483. The fourth-order valence-corrected chi connectivity index (χ4v) is 1.66. The van der Waals surface area contributed by atoms with E-state index in [9.17, 15) is 4.39 Å². The van der Waals surface area contributed by atoms with Crippen LogP contribution in [0.3, 0.4) is 0 Å². The summed E-state index contributed by atoms with van der Waals surface area (Å²) in [5, 5.41) is 3.27. The van der Waals surface area contributed by atoms with Gasteiger partial charge in [0.1, 0.15) is 5.82 Å². The van der Waals surface area contributed by atoms with Gasteiger partial charge in [-0.25, -0.2) is 4.39 Å². The van der Waals surface area contributed by atoms with Crippen LogP contribution in [0.15, 0.2) is 42.7 Å². The molecule has 2 aromatic rings. The Morgan fingerprint density at radius 1 is 1.18 bits per heavy atom. The molecule has 0 spiro atoms. The third-order valence-corrected chi connectivity index (χ3v) is 2.67. The zero-order chi connectivity index (χ0) is 12.1. The molecule has 0 unspecified atom stereocenters. The van der Waals surface area contributed by atoms with Crippen LogP contribution in [0.2, 0.25) is 0 Å². The van der Waals surface area contributed by atoms with Crippen LogP contribution in [0.25, 0.3) is 0 Å². The zero-order valence-electron chi connectivity index (χ0n) is 9.78. The SMILES string of the molecule is CCc1cc(NCc2ccncc2)ccc1F. The van der Waals surface area contributed by atoms with E-state index in [0.717, 1.165) is 23.4 Å². The topological polar surface area (TPSA) is 24.9 Å². The number of aryl methyl sites for hydroxylation is 1. The molecule has 0 amide bonds. The van der Waals surface area contributed by atoms with Gasteiger partial charge in [-0.15, -0.1) is 0 Å². The van der Waals surface area contributed by atoms with Crippen molar-refractivity contribution in [3.05, 3.63) is 59.7 Å². The minimum atomic E-state index is -0.137. The molecule has 17 heavy (non-hydrogen) atoms. The number of anilines is 1. The minimum Gasteiger partial charge on any atom is -0.381 e. The molecule has 2 nitrogen and oxygen atoms in total. The quantitative estimate of drug-likeness (QED) is 0.870. The van der Waals surface area contributed by atoms with Gasteiger partial charge in [0.15, 0.2) is 0 Å². The summed E-state index contributed by atoms with van der Waals surface area (Å²) >= 11 is 0. The number of nitrogens with zero attached hydrogens (tertiary/aromatic N) is 1. The van der Waals surface area contributed by atoms with E-state index in [1.54, 1.807) is 18.5 Å². The van der Waals surface area contributed by atoms with Gasteiger partial charge in [0.2, 0.25) is 0 Å². The second kappa shape index (κ2) is 5.43. The number of rotatable bonds is 4. The van der Waals surface area contributed by atoms with Crippen LogP contribution in [0, 0.1) is 5.82 Å². The fraction of sp³-hybridized carbons (Fsp3) is 0.214. The molecule has 0 radical (unpaired) electrons. The second-order valence-corrected chi connectivity index (χ2v) is 3.87. The second-order valence-electron chi connectivity index (χ2n) is 3.87. The number of hydrogen-bond acceptors (Lipinski definition) is 2. The van der Waals surface area contributed by atoms with Crippen molar-refractivity contribution in [3.8, 4) is 0 Å². The van der Waals surface area contributed by atoms with Crippen molar-refractivity contribution < 1.29 is 4.39 Å². The summed E-state index contributed by atoms with van der Waals surface area (Å²) in [7, 11) is 0. The molecule has 0 saturated carbocycles. The smallest absolute Gasteiger partial charge is 0.126 e. The third kappa shape index (κ3) is 3.03. The van der Waals surface area contributed by atoms with Gasteiger partial charge in [0, 0.05) is 24.6 Å². The van der Waals surface area contributed by atoms with Crippen LogP contribution in [0.5, 0.6) is 0 Å². The van der Waals surface area contributed by atoms with Gasteiger partial charge in [-0.1, -0.05) is 6.92 Å². The fourth-order valence-electron chi connectivity index (χ4n) is 1.66. The van der Waals surface area contributed by atoms with E-state index in [1.807, 2.05) is 25.1 Å². The average molecular weight is 230 g/mol. The summed E-state index contributed by atoms with van der Waals surface area (Å²) in [6.07, 6.45) is 4.23. The Labute approximate surface area is 101 Å². The van der Waals surface area contributed by atoms with E-state index >= 15 is 0 Å². The summed E-state index contributed by atoms with van der Waals surface area (Å²) in [5.74, 6) is -0.137. The molecule has 0 bridgehead atoms. The van der Waals surface area contributed by atoms with Gasteiger partial charge in [0.25, 0.3) is 0 Å². The lowest BCUT2D eigenvalue weighted by molar-refractivity contribution is 0.612. The van der Waals surface area contributed by atoms with Gasteiger partial charge in [-0.05, 0) is 47.9 Å². The third-order valence-electron chi connectivity index (χ3n) is 2.67. The molecule has 88 valence electrons. The molecule has 1 aromatic heterocycles. The van der Waals surface area contributed by atoms with Crippen LogP contribution < -0.4 is 5.32 Å². The maximum atomic E-state index is 13.3. The highest BCUT2D eigenvalue weighted by atomic mass is 19.1. The lowest BCUT2D eigenvalue weighted by Gasteiger charge is -2.08. The molecule has 0 aliphatic carbocycles. The molecular formula is C14H15FN2. The number of hydrogen-bond donors (Lipinski definition) is 1. The minimum absolute atomic E-state index is 0.137. The van der Waals surface area contributed by atoms with Gasteiger partial charge >= 0.3 is 0 Å². The predicted octanol–water partition coefficient (Wildman–Crippen LogP) is 3.40. The summed E-state index contributed by atoms with van der Waals surface area (Å²) < 4.78 is 13.3. The number of halogens is 1. The standard InChI is InChI=1S/C14H15FN2/c1-2-12-9-13(3-4-14(12)15)17-10-11-5-7-16-8-6-11/h3-9,17H,2,10H2,1H3. The lowest BCUT2D eigenvalue weighted by atomic mass is 10.1. The van der Waals surface area contributed by atoms with Crippen molar-refractivity contribution in [1.29, 1.82) is 0 Å². The van der Waals surface area contributed by atoms with Crippen LogP contribution >= 0.6 is 0 Å². The Balaban J connectivity index is 2.04. The number of nitrogens with one attached hydrogen (secondary N) is 1. The van der Waals surface area contributed by atoms with Crippen molar-refractivity contribution in [2.45, 2.75) is 19.9 Å². The maximum absolute atomic E-state index is 13.3. The van der Waals surface area contributed by atoms with Crippen molar-refractivity contribution in [3.63, 3.8) is 0 Å². The molecule has 3 heteroatoms. The van der Waals surface area contributed by atoms with Crippen LogP contribution in [-0.4, -0.2) is 4.98 Å². The monoisotopic (exact) mass is 230 g/mol. The van der Waals surface area contributed by atoms with Crippen molar-refractivity contribution in [2.75, 3.05) is 5.32 Å². The Hall–Kier alpha value is -1.90. The van der Waals surface area contributed by atoms with E-state index in [2.05, 4.69) is 10.3 Å². The number of pyridine rings is 1. The molecule has 0 aliphatic rings. The molecule has 0 aliphatic heterocycles. The van der Waals surface area contributed by atoms with Gasteiger partial charge in [-0.3, -0.25) is 4.98 Å². The largest absolute Gasteiger partial charge is 0.381 e. The molecular weight excluding hydrogens is 215 g/mol. The van der Waals surface area contributed by atoms with Crippen LogP contribution in [-0.2, 0) is 13.0 Å². The highest BCUT2D eigenvalue weighted by Crippen LogP contribution is 2.16. The van der Waals surface area contributed by atoms with E-state index in [0.29, 0.717) is 6.42 Å². The average Bonchev–Trinajstić information content (AvgIpc) is 2.39. The number of benzene rings is 1. The first-order chi connectivity index (χ1) is 8.29. The van der Waals surface area contributed by atoms with Crippen molar-refractivity contribution in [2.24, 2.45) is 0 Å². The van der Waals surface area contributed by atoms with E-state index < -0.39 is 0 Å². The first-order valence-corrected chi connectivity index (χ1v) is 5.71. The molecule has 2 rings (SSSR count). The normalized spacial score (nSPS) is 10.2.